The molecule has 0 radical (unpaired) electrons. The van der Waals surface area contributed by atoms with Crippen LogP contribution in [0, 0.1) is 17.8 Å². The number of carbonyl (C=O) groups excluding carboxylic acids is 5. The van der Waals surface area contributed by atoms with Gasteiger partial charge in [0.15, 0.2) is 5.78 Å². The predicted octanol–water partition coefficient (Wildman–Crippen LogP) is 4.85. The van der Waals surface area contributed by atoms with E-state index in [1.165, 1.54) is 6.92 Å². The summed E-state index contributed by atoms with van der Waals surface area (Å²) >= 11 is 5.53. The lowest BCUT2D eigenvalue weighted by Crippen LogP contribution is -2.46. The second-order valence-electron chi connectivity index (χ2n) is 10.6. The molecular weight excluding hydrogens is 546 g/mol. The number of benzene rings is 2. The molecule has 2 rings (SSSR count). The van der Waals surface area contributed by atoms with Gasteiger partial charge in [0, 0.05) is 18.8 Å². The van der Waals surface area contributed by atoms with Gasteiger partial charge in [0.05, 0.1) is 12.0 Å². The van der Waals surface area contributed by atoms with Crippen LogP contribution in [0.15, 0.2) is 60.7 Å². The van der Waals surface area contributed by atoms with Gasteiger partial charge in [-0.1, -0.05) is 74.5 Å². The predicted molar refractivity (Wildman–Crippen MR) is 156 cm³/mol. The van der Waals surface area contributed by atoms with Crippen LogP contribution >= 0.6 is 11.6 Å². The maximum atomic E-state index is 13.5. The minimum atomic E-state index is -1.07. The largest absolute Gasteiger partial charge is 0.464 e. The van der Waals surface area contributed by atoms with Gasteiger partial charge in [-0.3, -0.25) is 19.2 Å². The molecule has 0 spiro atoms. The zero-order chi connectivity index (χ0) is 30.2. The number of hydrogen-bond acceptors (Lipinski definition) is 7. The Balaban J connectivity index is 2.14. The summed E-state index contributed by atoms with van der Waals surface area (Å²) in [6.07, 6.45) is 1.15. The number of esters is 2. The molecule has 2 aromatic carbocycles. The molecule has 0 bridgehead atoms. The van der Waals surface area contributed by atoms with Crippen LogP contribution in [0.3, 0.4) is 0 Å². The maximum absolute atomic E-state index is 13.5. The molecule has 0 aromatic heterocycles. The summed E-state index contributed by atoms with van der Waals surface area (Å²) in [5, 5.41) is 2.85. The number of nitrogens with one attached hydrogen (secondary N) is 1. The van der Waals surface area contributed by atoms with Crippen LogP contribution in [0.1, 0.15) is 57.6 Å². The Morgan fingerprint density at radius 3 is 2.00 bits per heavy atom. The quantitative estimate of drug-likeness (QED) is 0.196. The molecule has 9 heteroatoms. The fourth-order valence-electron chi connectivity index (χ4n) is 4.36. The smallest absolute Gasteiger partial charge is 0.320 e. The van der Waals surface area contributed by atoms with Crippen molar-refractivity contribution in [2.75, 3.05) is 12.5 Å². The Bertz CT molecular complexity index is 1140. The lowest BCUT2D eigenvalue weighted by molar-refractivity contribution is -0.157. The maximum Gasteiger partial charge on any atom is 0.320 e. The number of aryl methyl sites for hydroxylation is 1. The SMILES string of the molecule is CC(=O)C[C@@H](CCc1ccccc1)C(=O)N[C@@H](CC(C)C)C(=O)C[C@@H](COC(=O)CCl)C(=O)OCc1ccccc1. The third-order valence-corrected chi connectivity index (χ3v) is 6.72. The average Bonchev–Trinajstić information content (AvgIpc) is 2.96. The van der Waals surface area contributed by atoms with Crippen molar-refractivity contribution in [3.05, 3.63) is 71.8 Å². The standard InChI is InChI=1S/C32H40ClNO7/c1-22(2)16-28(34-31(38)26(17-23(3)35)15-14-24-10-6-4-7-11-24)29(36)18-27(21-40-30(37)19-33)32(39)41-20-25-12-8-5-9-13-25/h4-13,22,26-28H,14-21H2,1-3H3,(H,34,38)/t26-,27+,28+/m1/s1. The number of Topliss-reactive ketones (excluding diaryl/α,β-unsaturated/α-hetero) is 2. The van der Waals surface area contributed by atoms with E-state index < -0.39 is 35.7 Å². The molecule has 222 valence electrons. The van der Waals surface area contributed by atoms with Gasteiger partial charge in [0.2, 0.25) is 5.91 Å². The number of alkyl halides is 1. The van der Waals surface area contributed by atoms with Crippen molar-refractivity contribution in [3.8, 4) is 0 Å². The minimum Gasteiger partial charge on any atom is -0.464 e. The van der Waals surface area contributed by atoms with Crippen molar-refractivity contribution in [2.45, 2.75) is 65.5 Å². The number of halogens is 1. The first-order valence-corrected chi connectivity index (χ1v) is 14.4. The fraction of sp³-hybridized carbons (Fsp3) is 0.469. The fourth-order valence-corrected chi connectivity index (χ4v) is 4.44. The van der Waals surface area contributed by atoms with Crippen LogP contribution in [0.5, 0.6) is 0 Å². The zero-order valence-electron chi connectivity index (χ0n) is 24.0. The van der Waals surface area contributed by atoms with Crippen LogP contribution < -0.4 is 5.32 Å². The number of ketones is 2. The topological polar surface area (TPSA) is 116 Å². The van der Waals surface area contributed by atoms with Gasteiger partial charge in [-0.05, 0) is 43.2 Å². The molecule has 2 aromatic rings. The van der Waals surface area contributed by atoms with Crippen LogP contribution in [0.2, 0.25) is 0 Å². The molecule has 0 heterocycles. The average molecular weight is 586 g/mol. The van der Waals surface area contributed by atoms with Crippen molar-refractivity contribution in [3.63, 3.8) is 0 Å². The van der Waals surface area contributed by atoms with E-state index in [2.05, 4.69) is 5.32 Å². The van der Waals surface area contributed by atoms with Gasteiger partial charge in [-0.15, -0.1) is 11.6 Å². The molecule has 1 amide bonds. The number of carbonyl (C=O) groups is 5. The molecule has 0 unspecified atom stereocenters. The highest BCUT2D eigenvalue weighted by atomic mass is 35.5. The Kier molecular flexibility index (Phi) is 14.8. The van der Waals surface area contributed by atoms with Crippen molar-refractivity contribution >= 4 is 41.0 Å². The summed E-state index contributed by atoms with van der Waals surface area (Å²) in [5.41, 5.74) is 1.81. The van der Waals surface area contributed by atoms with Gasteiger partial charge < -0.3 is 19.6 Å². The lowest BCUT2D eigenvalue weighted by atomic mass is 9.91. The number of ether oxygens (including phenoxy) is 2. The summed E-state index contributed by atoms with van der Waals surface area (Å²) < 4.78 is 10.5. The van der Waals surface area contributed by atoms with Crippen LogP contribution in [0.25, 0.3) is 0 Å². The van der Waals surface area contributed by atoms with E-state index in [9.17, 15) is 24.0 Å². The highest BCUT2D eigenvalue weighted by Crippen LogP contribution is 2.19. The summed E-state index contributed by atoms with van der Waals surface area (Å²) in [6, 6.07) is 17.8. The molecule has 0 saturated carbocycles. The summed E-state index contributed by atoms with van der Waals surface area (Å²) in [5.74, 6) is -4.33. The number of amides is 1. The van der Waals surface area contributed by atoms with E-state index in [0.717, 1.165) is 11.1 Å². The van der Waals surface area contributed by atoms with Gasteiger partial charge in [-0.2, -0.15) is 0 Å². The highest BCUT2D eigenvalue weighted by molar-refractivity contribution is 6.26. The molecule has 8 nitrogen and oxygen atoms in total. The summed E-state index contributed by atoms with van der Waals surface area (Å²) in [7, 11) is 0. The molecular formula is C32H40ClNO7. The number of hydrogen-bond donors (Lipinski definition) is 1. The van der Waals surface area contributed by atoms with Crippen molar-refractivity contribution in [2.24, 2.45) is 17.8 Å². The van der Waals surface area contributed by atoms with Crippen LogP contribution in [0.4, 0.5) is 0 Å². The summed E-state index contributed by atoms with van der Waals surface area (Å²) in [6.45, 7) is 4.89. The van der Waals surface area contributed by atoms with Crippen molar-refractivity contribution in [1.82, 2.24) is 5.32 Å². The van der Waals surface area contributed by atoms with E-state index in [0.29, 0.717) is 19.3 Å². The lowest BCUT2D eigenvalue weighted by Gasteiger charge is -2.24. The van der Waals surface area contributed by atoms with Crippen LogP contribution in [-0.2, 0) is 46.5 Å². The molecule has 0 aliphatic carbocycles. The third kappa shape index (κ3) is 13.1. The Hall–Kier alpha value is -3.52. The van der Waals surface area contributed by atoms with Gasteiger partial charge >= 0.3 is 11.9 Å². The Labute approximate surface area is 247 Å². The van der Waals surface area contributed by atoms with E-state index in [1.54, 1.807) is 12.1 Å². The highest BCUT2D eigenvalue weighted by Gasteiger charge is 2.32. The first-order valence-electron chi connectivity index (χ1n) is 13.9. The number of rotatable bonds is 18. The second kappa shape index (κ2) is 18.0. The molecule has 0 aliphatic heterocycles. The van der Waals surface area contributed by atoms with Crippen molar-refractivity contribution < 1.29 is 33.4 Å². The third-order valence-electron chi connectivity index (χ3n) is 6.50. The summed E-state index contributed by atoms with van der Waals surface area (Å²) in [4.78, 5) is 63.4. The minimum absolute atomic E-state index is 0.00584. The molecule has 0 saturated heterocycles. The first-order chi connectivity index (χ1) is 19.6. The van der Waals surface area contributed by atoms with E-state index in [4.69, 9.17) is 21.1 Å². The van der Waals surface area contributed by atoms with Crippen molar-refractivity contribution in [1.29, 1.82) is 0 Å². The molecule has 3 atom stereocenters. The van der Waals surface area contributed by atoms with E-state index >= 15 is 0 Å². The Morgan fingerprint density at radius 1 is 0.829 bits per heavy atom. The van der Waals surface area contributed by atoms with Gasteiger partial charge in [0.25, 0.3) is 0 Å². The monoisotopic (exact) mass is 585 g/mol. The van der Waals surface area contributed by atoms with Crippen LogP contribution in [-0.4, -0.2) is 47.9 Å². The molecule has 0 aliphatic rings. The van der Waals surface area contributed by atoms with Gasteiger partial charge in [0.1, 0.15) is 24.9 Å². The zero-order valence-corrected chi connectivity index (χ0v) is 24.7. The van der Waals surface area contributed by atoms with Gasteiger partial charge in [-0.25, -0.2) is 0 Å². The molecule has 0 fully saturated rings. The normalized spacial score (nSPS) is 13.1. The Morgan fingerprint density at radius 2 is 1.44 bits per heavy atom. The first kappa shape index (κ1) is 33.7. The molecule has 41 heavy (non-hydrogen) atoms. The second-order valence-corrected chi connectivity index (χ2v) is 10.9. The van der Waals surface area contributed by atoms with E-state index in [1.807, 2.05) is 62.4 Å². The molecule has 1 N–H and O–H groups in total. The van der Waals surface area contributed by atoms with E-state index in [-0.39, 0.29) is 49.4 Å².